The number of amides is 4. The van der Waals surface area contributed by atoms with E-state index in [4.69, 9.17) is 9.47 Å². The predicted octanol–water partition coefficient (Wildman–Crippen LogP) is 8.62. The van der Waals surface area contributed by atoms with Gasteiger partial charge in [0.1, 0.15) is 21.5 Å². The Labute approximate surface area is 354 Å². The Morgan fingerprint density at radius 1 is 0.900 bits per heavy atom. The van der Waals surface area contributed by atoms with Gasteiger partial charge in [0.2, 0.25) is 5.91 Å². The lowest BCUT2D eigenvalue weighted by Crippen LogP contribution is -2.39. The van der Waals surface area contributed by atoms with E-state index in [2.05, 4.69) is 16.0 Å². The second-order valence-electron chi connectivity index (χ2n) is 14.4. The summed E-state index contributed by atoms with van der Waals surface area (Å²) in [5, 5.41) is 19.6. The minimum atomic E-state index is -0.848. The summed E-state index contributed by atoms with van der Waals surface area (Å²) in [5.74, 6) is -2.40. The van der Waals surface area contributed by atoms with Gasteiger partial charge in [0.05, 0.1) is 29.7 Å². The van der Waals surface area contributed by atoms with Crippen LogP contribution in [0.1, 0.15) is 68.3 Å². The number of benzene rings is 4. The molecule has 60 heavy (non-hydrogen) atoms. The van der Waals surface area contributed by atoms with Crippen molar-refractivity contribution in [1.29, 1.82) is 0 Å². The number of nitrogens with zero attached hydrogens (tertiary/aromatic N) is 2. The van der Waals surface area contributed by atoms with E-state index in [9.17, 15) is 34.1 Å². The molecule has 5 aromatic rings. The van der Waals surface area contributed by atoms with Gasteiger partial charge < -0.3 is 30.3 Å². The Morgan fingerprint density at radius 3 is 2.27 bits per heavy atom. The fraction of sp³-hybridized carbons (Fsp3) is 0.205. The van der Waals surface area contributed by atoms with Crippen molar-refractivity contribution in [2.75, 3.05) is 24.3 Å². The summed E-state index contributed by atoms with van der Waals surface area (Å²) in [6.07, 6.45) is 1.12. The first-order valence-electron chi connectivity index (χ1n) is 18.7. The van der Waals surface area contributed by atoms with Gasteiger partial charge in [0.15, 0.2) is 0 Å². The number of para-hydroxylation sites is 1. The minimum absolute atomic E-state index is 0.101. The highest BCUT2D eigenvalue weighted by molar-refractivity contribution is 8.00. The van der Waals surface area contributed by atoms with Crippen LogP contribution >= 0.6 is 23.1 Å². The van der Waals surface area contributed by atoms with Gasteiger partial charge in [-0.25, -0.2) is 9.59 Å². The number of nitro groups is 1. The maximum atomic E-state index is 14.3. The standard InChI is InChI=1S/C44H41N5O9S2/c1-44(2,3)58-43(54)48-23-22-32-35(26-48)60-41(36(32)42(53)57-4)47-40(52)37(27-14-7-5-8-15-27)59-31-20-13-19-30(25-31)45-39(51)33(46-38(50)28-16-9-6-10-17-28)24-29-18-11-12-21-34(29)49(55)56/h5-21,24-25,37H,22-23,26H2,1-4H3,(H,45,51)(H,46,50)(H,47,52)/b33-24+. The highest BCUT2D eigenvalue weighted by Gasteiger charge is 2.34. The number of esters is 1. The molecule has 6 rings (SSSR count). The second-order valence-corrected chi connectivity index (χ2v) is 16.7. The number of fused-ring (bicyclic) bond motifs is 1. The van der Waals surface area contributed by atoms with E-state index in [1.807, 2.05) is 6.07 Å². The molecule has 1 aliphatic heterocycles. The highest BCUT2D eigenvalue weighted by atomic mass is 32.2. The molecule has 0 radical (unpaired) electrons. The van der Waals surface area contributed by atoms with Crippen LogP contribution in [0.5, 0.6) is 0 Å². The van der Waals surface area contributed by atoms with Crippen LogP contribution in [0.3, 0.4) is 0 Å². The van der Waals surface area contributed by atoms with Crippen molar-refractivity contribution in [3.05, 3.63) is 158 Å². The average molecular weight is 848 g/mol. The number of nitrogens with one attached hydrogen (secondary N) is 3. The van der Waals surface area contributed by atoms with Gasteiger partial charge in [-0.1, -0.05) is 66.7 Å². The zero-order valence-corrected chi connectivity index (χ0v) is 34.7. The third kappa shape index (κ3) is 10.6. The molecule has 1 unspecified atom stereocenters. The lowest BCUT2D eigenvalue weighted by molar-refractivity contribution is -0.385. The molecule has 14 nitrogen and oxygen atoms in total. The van der Waals surface area contributed by atoms with Gasteiger partial charge in [-0.15, -0.1) is 23.1 Å². The number of nitro benzene ring substituents is 1. The fourth-order valence-corrected chi connectivity index (χ4v) is 8.56. The van der Waals surface area contributed by atoms with Crippen LogP contribution in [0.2, 0.25) is 0 Å². The minimum Gasteiger partial charge on any atom is -0.465 e. The van der Waals surface area contributed by atoms with Crippen molar-refractivity contribution in [3.63, 3.8) is 0 Å². The van der Waals surface area contributed by atoms with E-state index in [1.54, 1.807) is 111 Å². The highest BCUT2D eigenvalue weighted by Crippen LogP contribution is 2.41. The van der Waals surface area contributed by atoms with Gasteiger partial charge in [-0.05, 0) is 80.8 Å². The maximum absolute atomic E-state index is 14.3. The van der Waals surface area contributed by atoms with Crippen molar-refractivity contribution in [1.82, 2.24) is 10.2 Å². The van der Waals surface area contributed by atoms with E-state index in [0.717, 1.165) is 4.88 Å². The Hall–Kier alpha value is -6.78. The van der Waals surface area contributed by atoms with E-state index < -0.39 is 45.6 Å². The van der Waals surface area contributed by atoms with E-state index in [1.165, 1.54) is 54.5 Å². The summed E-state index contributed by atoms with van der Waals surface area (Å²) >= 11 is 2.39. The van der Waals surface area contributed by atoms with Crippen LogP contribution in [0.4, 0.5) is 21.2 Å². The Morgan fingerprint density at radius 2 is 1.58 bits per heavy atom. The molecule has 1 aliphatic rings. The average Bonchev–Trinajstić information content (AvgIpc) is 3.59. The Bertz CT molecular complexity index is 2460. The predicted molar refractivity (Wildman–Crippen MR) is 230 cm³/mol. The summed E-state index contributed by atoms with van der Waals surface area (Å²) in [5.41, 5.74) is 1.09. The van der Waals surface area contributed by atoms with E-state index >= 15 is 0 Å². The quantitative estimate of drug-likeness (QED) is 0.0361. The number of carbonyl (C=O) groups is 5. The third-order valence-corrected chi connectivity index (χ3v) is 11.4. The third-order valence-electron chi connectivity index (χ3n) is 8.98. The molecule has 16 heteroatoms. The first-order chi connectivity index (χ1) is 28.7. The molecule has 308 valence electrons. The number of carbonyl (C=O) groups excluding carboxylic acids is 5. The normalized spacial score (nSPS) is 13.0. The largest absolute Gasteiger partial charge is 0.465 e. The molecule has 4 amide bonds. The molecule has 0 saturated heterocycles. The van der Waals surface area contributed by atoms with Crippen LogP contribution in [-0.4, -0.2) is 58.9 Å². The van der Waals surface area contributed by atoms with Crippen LogP contribution in [0.25, 0.3) is 6.08 Å². The molecule has 0 fully saturated rings. The SMILES string of the molecule is COC(=O)c1c(NC(=O)C(Sc2cccc(NC(=O)/C(=C\c3ccccc3[N+](=O)[O-])NC(=O)c3ccccc3)c2)c2ccccc2)sc2c1CCN(C(=O)OC(C)(C)C)C2. The molecule has 1 aromatic heterocycles. The number of methoxy groups -OCH3 is 1. The molecule has 0 bridgehead atoms. The summed E-state index contributed by atoms with van der Waals surface area (Å²) < 4.78 is 10.7. The number of anilines is 2. The summed E-state index contributed by atoms with van der Waals surface area (Å²) in [6, 6.07) is 29.8. The van der Waals surface area contributed by atoms with Crippen LogP contribution in [0, 0.1) is 10.1 Å². The zero-order chi connectivity index (χ0) is 43.0. The Balaban J connectivity index is 1.26. The molecule has 3 N–H and O–H groups in total. The number of hydrogen-bond donors (Lipinski definition) is 3. The summed E-state index contributed by atoms with van der Waals surface area (Å²) in [7, 11) is 1.27. The number of rotatable bonds is 12. The van der Waals surface area contributed by atoms with Crippen LogP contribution in [-0.2, 0) is 32.0 Å². The smallest absolute Gasteiger partial charge is 0.410 e. The van der Waals surface area contributed by atoms with Gasteiger partial charge in [0, 0.05) is 33.6 Å². The number of ether oxygens (including phenoxy) is 2. The van der Waals surface area contributed by atoms with Gasteiger partial charge in [-0.3, -0.25) is 24.5 Å². The Kier molecular flexibility index (Phi) is 13.5. The van der Waals surface area contributed by atoms with Crippen LogP contribution in [0.15, 0.2) is 120 Å². The van der Waals surface area contributed by atoms with Crippen molar-refractivity contribution >= 4 is 75.3 Å². The number of thioether (sulfide) groups is 1. The first-order valence-corrected chi connectivity index (χ1v) is 20.4. The van der Waals surface area contributed by atoms with Crippen molar-refractivity contribution < 1.29 is 38.4 Å². The molecule has 4 aromatic carbocycles. The van der Waals surface area contributed by atoms with Gasteiger partial charge in [0.25, 0.3) is 17.5 Å². The van der Waals surface area contributed by atoms with Crippen molar-refractivity contribution in [2.45, 2.75) is 49.5 Å². The molecular weight excluding hydrogens is 807 g/mol. The summed E-state index contributed by atoms with van der Waals surface area (Å²) in [6.45, 7) is 5.87. The second kappa shape index (κ2) is 18.9. The van der Waals surface area contributed by atoms with Crippen molar-refractivity contribution in [2.24, 2.45) is 0 Å². The molecule has 2 heterocycles. The molecule has 0 aliphatic carbocycles. The monoisotopic (exact) mass is 847 g/mol. The number of thiophene rings is 1. The topological polar surface area (TPSA) is 186 Å². The molecule has 1 atom stereocenters. The number of hydrogen-bond acceptors (Lipinski definition) is 11. The van der Waals surface area contributed by atoms with E-state index in [-0.39, 0.29) is 34.6 Å². The van der Waals surface area contributed by atoms with E-state index in [0.29, 0.717) is 39.7 Å². The lowest BCUT2D eigenvalue weighted by Gasteiger charge is -2.30. The van der Waals surface area contributed by atoms with Gasteiger partial charge >= 0.3 is 12.1 Å². The lowest BCUT2D eigenvalue weighted by atomic mass is 10.0. The van der Waals surface area contributed by atoms with Crippen LogP contribution < -0.4 is 16.0 Å². The first kappa shape index (κ1) is 42.8. The zero-order valence-electron chi connectivity index (χ0n) is 33.1. The van der Waals surface area contributed by atoms with Gasteiger partial charge in [-0.2, -0.15) is 0 Å². The molecular formula is C44H41N5O9S2. The molecule has 0 saturated carbocycles. The maximum Gasteiger partial charge on any atom is 0.410 e. The fourth-order valence-electron chi connectivity index (χ4n) is 6.23. The van der Waals surface area contributed by atoms with Crippen molar-refractivity contribution in [3.8, 4) is 0 Å². The summed E-state index contributed by atoms with van der Waals surface area (Å²) in [4.78, 5) is 81.5. The molecule has 0 spiro atoms.